The summed E-state index contributed by atoms with van der Waals surface area (Å²) in [5.41, 5.74) is 4.30. The molecule has 0 spiro atoms. The highest BCUT2D eigenvalue weighted by Crippen LogP contribution is 2.27. The van der Waals surface area contributed by atoms with Crippen molar-refractivity contribution in [2.45, 2.75) is 0 Å². The van der Waals surface area contributed by atoms with Gasteiger partial charge in [-0.15, -0.1) is 0 Å². The molecule has 0 atom stereocenters. The fourth-order valence-corrected chi connectivity index (χ4v) is 3.27. The second-order valence-corrected chi connectivity index (χ2v) is 6.56. The molecule has 4 rings (SSSR count). The molecule has 0 saturated carbocycles. The zero-order chi connectivity index (χ0) is 16.7. The van der Waals surface area contributed by atoms with Gasteiger partial charge in [0.15, 0.2) is 0 Å². The maximum absolute atomic E-state index is 5.21. The van der Waals surface area contributed by atoms with Gasteiger partial charge in [0.1, 0.15) is 5.75 Å². The van der Waals surface area contributed by atoms with Crippen molar-refractivity contribution in [1.82, 2.24) is 14.0 Å². The van der Waals surface area contributed by atoms with E-state index in [1.165, 1.54) is 0 Å². The van der Waals surface area contributed by atoms with E-state index in [4.69, 9.17) is 9.72 Å². The second-order valence-electron chi connectivity index (χ2n) is 5.65. The Bertz CT molecular complexity index is 1010. The van der Waals surface area contributed by atoms with Crippen LogP contribution in [0.4, 0.5) is 0 Å². The van der Waals surface area contributed by atoms with Gasteiger partial charge >= 0.3 is 0 Å². The molecule has 0 aliphatic rings. The fourth-order valence-electron chi connectivity index (χ4n) is 2.87. The number of aromatic nitrogens is 3. The van der Waals surface area contributed by atoms with Gasteiger partial charge in [-0.3, -0.25) is 4.40 Å². The third kappa shape index (κ3) is 2.51. The number of ether oxygens (including phenoxy) is 1. The molecule has 2 heterocycles. The van der Waals surface area contributed by atoms with Gasteiger partial charge in [0, 0.05) is 35.0 Å². The summed E-state index contributed by atoms with van der Waals surface area (Å²) in [6, 6.07) is 16.2. The Balaban J connectivity index is 1.77. The molecule has 4 nitrogen and oxygen atoms in total. The summed E-state index contributed by atoms with van der Waals surface area (Å²) in [5, 5.41) is 0. The number of fused-ring (bicyclic) bond motifs is 1. The van der Waals surface area contributed by atoms with Crippen LogP contribution in [0.2, 0.25) is 0 Å². The SMILES string of the molecule is COc1ccc(-c2cn3cc(-c4cccc(Br)c4)n(C)c3n2)cc1. The van der Waals surface area contributed by atoms with Crippen LogP contribution in [0.3, 0.4) is 0 Å². The molecule has 0 saturated heterocycles. The fraction of sp³-hybridized carbons (Fsp3) is 0.105. The monoisotopic (exact) mass is 381 g/mol. The van der Waals surface area contributed by atoms with Gasteiger partial charge in [0.05, 0.1) is 18.5 Å². The van der Waals surface area contributed by atoms with Crippen molar-refractivity contribution < 1.29 is 4.74 Å². The third-order valence-corrected chi connectivity index (χ3v) is 4.63. The van der Waals surface area contributed by atoms with Crippen LogP contribution in [0.15, 0.2) is 65.4 Å². The first kappa shape index (κ1) is 15.0. The molecule has 2 aromatic heterocycles. The summed E-state index contributed by atoms with van der Waals surface area (Å²) in [6.45, 7) is 0. The van der Waals surface area contributed by atoms with Crippen LogP contribution in [-0.2, 0) is 7.05 Å². The smallest absolute Gasteiger partial charge is 0.214 e. The Morgan fingerprint density at radius 2 is 1.79 bits per heavy atom. The van der Waals surface area contributed by atoms with Crippen LogP contribution in [0.5, 0.6) is 5.75 Å². The molecule has 120 valence electrons. The first-order valence-electron chi connectivity index (χ1n) is 7.60. The summed E-state index contributed by atoms with van der Waals surface area (Å²) in [7, 11) is 3.71. The van der Waals surface area contributed by atoms with Crippen molar-refractivity contribution in [1.29, 1.82) is 0 Å². The van der Waals surface area contributed by atoms with Gasteiger partial charge in [0.2, 0.25) is 5.78 Å². The number of nitrogens with zero attached hydrogens (tertiary/aromatic N) is 3. The molecule has 0 bridgehead atoms. The molecule has 4 aromatic rings. The number of methoxy groups -OCH3 is 1. The van der Waals surface area contributed by atoms with Gasteiger partial charge in [-0.1, -0.05) is 28.1 Å². The lowest BCUT2D eigenvalue weighted by molar-refractivity contribution is 0.415. The number of imidazole rings is 2. The molecule has 24 heavy (non-hydrogen) atoms. The highest BCUT2D eigenvalue weighted by atomic mass is 79.9. The van der Waals surface area contributed by atoms with Crippen molar-refractivity contribution >= 4 is 21.7 Å². The maximum atomic E-state index is 5.21. The molecular weight excluding hydrogens is 366 g/mol. The first-order valence-corrected chi connectivity index (χ1v) is 8.40. The lowest BCUT2D eigenvalue weighted by Gasteiger charge is -2.03. The minimum atomic E-state index is 0.847. The molecule has 0 N–H and O–H groups in total. The van der Waals surface area contributed by atoms with Gasteiger partial charge in [-0.05, 0) is 36.4 Å². The highest BCUT2D eigenvalue weighted by Gasteiger charge is 2.12. The zero-order valence-electron chi connectivity index (χ0n) is 13.4. The van der Waals surface area contributed by atoms with Crippen molar-refractivity contribution in [2.75, 3.05) is 7.11 Å². The largest absolute Gasteiger partial charge is 0.497 e. The topological polar surface area (TPSA) is 31.5 Å². The molecule has 0 unspecified atom stereocenters. The summed E-state index contributed by atoms with van der Waals surface area (Å²) >= 11 is 3.53. The Morgan fingerprint density at radius 3 is 2.46 bits per heavy atom. The summed E-state index contributed by atoms with van der Waals surface area (Å²) in [4.78, 5) is 4.78. The minimum absolute atomic E-state index is 0.847. The molecule has 0 amide bonds. The van der Waals surface area contributed by atoms with Crippen LogP contribution >= 0.6 is 15.9 Å². The first-order chi connectivity index (χ1) is 11.7. The van der Waals surface area contributed by atoms with E-state index >= 15 is 0 Å². The van der Waals surface area contributed by atoms with E-state index in [1.54, 1.807) is 7.11 Å². The van der Waals surface area contributed by atoms with Crippen LogP contribution in [0.25, 0.3) is 28.3 Å². The molecule has 5 heteroatoms. The number of rotatable bonds is 3. The lowest BCUT2D eigenvalue weighted by atomic mass is 10.1. The predicted molar refractivity (Wildman–Crippen MR) is 99.3 cm³/mol. The van der Waals surface area contributed by atoms with Crippen LogP contribution in [0, 0.1) is 0 Å². The highest BCUT2D eigenvalue weighted by molar-refractivity contribution is 9.10. The van der Waals surface area contributed by atoms with Gasteiger partial charge in [0.25, 0.3) is 0 Å². The Hall–Kier alpha value is -2.53. The maximum Gasteiger partial charge on any atom is 0.214 e. The van der Waals surface area contributed by atoms with Gasteiger partial charge in [-0.25, -0.2) is 4.98 Å². The van der Waals surface area contributed by atoms with Gasteiger partial charge in [-0.2, -0.15) is 0 Å². The van der Waals surface area contributed by atoms with E-state index in [1.807, 2.05) is 43.4 Å². The van der Waals surface area contributed by atoms with Crippen molar-refractivity contribution in [3.63, 3.8) is 0 Å². The Kier molecular flexibility index (Phi) is 3.65. The van der Waals surface area contributed by atoms with Crippen LogP contribution in [0.1, 0.15) is 0 Å². The van der Waals surface area contributed by atoms with E-state index in [0.717, 1.165) is 38.5 Å². The summed E-state index contributed by atoms with van der Waals surface area (Å²) < 4.78 is 10.4. The standard InChI is InChI=1S/C19H16BrN3O/c1-22-18(14-4-3-5-15(20)10-14)12-23-11-17(21-19(22)23)13-6-8-16(24-2)9-7-13/h3-12H,1-2H3. The van der Waals surface area contributed by atoms with E-state index in [-0.39, 0.29) is 0 Å². The number of hydrogen-bond donors (Lipinski definition) is 0. The van der Waals surface area contributed by atoms with Crippen molar-refractivity contribution in [3.8, 4) is 28.3 Å². The molecule has 0 fully saturated rings. The predicted octanol–water partition coefficient (Wildman–Crippen LogP) is 4.78. The number of benzene rings is 2. The molecular formula is C19H16BrN3O. The third-order valence-electron chi connectivity index (χ3n) is 4.14. The molecule has 0 radical (unpaired) electrons. The van der Waals surface area contributed by atoms with E-state index < -0.39 is 0 Å². The normalized spacial score (nSPS) is 11.1. The Morgan fingerprint density at radius 1 is 1.00 bits per heavy atom. The van der Waals surface area contributed by atoms with E-state index in [0.29, 0.717) is 0 Å². The quantitative estimate of drug-likeness (QED) is 0.511. The van der Waals surface area contributed by atoms with Gasteiger partial charge < -0.3 is 9.30 Å². The van der Waals surface area contributed by atoms with E-state index in [9.17, 15) is 0 Å². The van der Waals surface area contributed by atoms with Crippen LogP contribution < -0.4 is 4.74 Å². The average molecular weight is 382 g/mol. The Labute approximate surface area is 148 Å². The number of hydrogen-bond acceptors (Lipinski definition) is 2. The zero-order valence-corrected chi connectivity index (χ0v) is 15.0. The average Bonchev–Trinajstić information content (AvgIpc) is 3.15. The number of halogens is 1. The van der Waals surface area contributed by atoms with Crippen LogP contribution in [-0.4, -0.2) is 21.1 Å². The lowest BCUT2D eigenvalue weighted by Crippen LogP contribution is -1.92. The van der Waals surface area contributed by atoms with Crippen molar-refractivity contribution in [2.24, 2.45) is 7.05 Å². The number of aryl methyl sites for hydroxylation is 1. The van der Waals surface area contributed by atoms with Crippen molar-refractivity contribution in [3.05, 3.63) is 65.4 Å². The second kappa shape index (κ2) is 5.83. The minimum Gasteiger partial charge on any atom is -0.497 e. The molecule has 0 aliphatic heterocycles. The summed E-state index contributed by atoms with van der Waals surface area (Å²) in [6.07, 6.45) is 4.16. The molecule has 2 aromatic carbocycles. The summed E-state index contributed by atoms with van der Waals surface area (Å²) in [5.74, 6) is 1.76. The van der Waals surface area contributed by atoms with E-state index in [2.05, 4.69) is 49.4 Å². The molecule has 0 aliphatic carbocycles.